The second kappa shape index (κ2) is 8.98. The summed E-state index contributed by atoms with van der Waals surface area (Å²) in [5.41, 5.74) is 5.56. The summed E-state index contributed by atoms with van der Waals surface area (Å²) in [5.74, 6) is -3.85. The summed E-state index contributed by atoms with van der Waals surface area (Å²) in [7, 11) is 0. The molecule has 0 aromatic rings. The van der Waals surface area contributed by atoms with Gasteiger partial charge in [-0.25, -0.2) is 0 Å². The second-order valence-corrected chi connectivity index (χ2v) is 5.34. The number of hydrogen-bond donors (Lipinski definition) is 5. The fourth-order valence-electron chi connectivity index (χ4n) is 1.57. The van der Waals surface area contributed by atoms with E-state index in [4.69, 9.17) is 15.9 Å². The van der Waals surface area contributed by atoms with E-state index in [0.29, 0.717) is 0 Å². The van der Waals surface area contributed by atoms with Crippen molar-refractivity contribution in [3.05, 3.63) is 0 Å². The molecular formula is C13H23N3O6. The molecular weight excluding hydrogens is 294 g/mol. The van der Waals surface area contributed by atoms with Crippen LogP contribution in [0.5, 0.6) is 0 Å². The van der Waals surface area contributed by atoms with Crippen molar-refractivity contribution in [2.75, 3.05) is 0 Å². The molecule has 0 aromatic heterocycles. The Bertz CT molecular complexity index is 437. The van der Waals surface area contributed by atoms with Crippen molar-refractivity contribution in [1.29, 1.82) is 0 Å². The predicted molar refractivity (Wildman–Crippen MR) is 76.9 cm³/mol. The van der Waals surface area contributed by atoms with Crippen LogP contribution in [0.2, 0.25) is 0 Å². The lowest BCUT2D eigenvalue weighted by Crippen LogP contribution is -2.55. The zero-order chi connectivity index (χ0) is 17.4. The highest BCUT2D eigenvalue weighted by molar-refractivity contribution is 5.91. The van der Waals surface area contributed by atoms with E-state index >= 15 is 0 Å². The molecule has 0 bridgehead atoms. The standard InChI is InChI=1S/C13H23N3O6/c1-6(2)10(12(20)15-7(3)13(21)22)16-11(19)8(14)4-5-9(17)18/h6-8,10H,4-5,14H2,1-3H3,(H,15,20)(H,16,19)(H,17,18)(H,21,22). The first-order valence-electron chi connectivity index (χ1n) is 6.87. The Morgan fingerprint density at radius 1 is 1.00 bits per heavy atom. The molecule has 0 saturated carbocycles. The number of carboxylic acids is 2. The van der Waals surface area contributed by atoms with E-state index in [9.17, 15) is 19.2 Å². The number of carbonyl (C=O) groups is 4. The number of aliphatic carboxylic acids is 2. The smallest absolute Gasteiger partial charge is 0.325 e. The van der Waals surface area contributed by atoms with Crippen molar-refractivity contribution in [3.63, 3.8) is 0 Å². The van der Waals surface area contributed by atoms with E-state index in [1.54, 1.807) is 13.8 Å². The first kappa shape index (κ1) is 19.8. The average molecular weight is 317 g/mol. The van der Waals surface area contributed by atoms with Crippen molar-refractivity contribution < 1.29 is 29.4 Å². The van der Waals surface area contributed by atoms with Gasteiger partial charge in [0.25, 0.3) is 0 Å². The SMILES string of the molecule is CC(NC(=O)C(NC(=O)C(N)CCC(=O)O)C(C)C)C(=O)O. The number of carbonyl (C=O) groups excluding carboxylic acids is 2. The molecule has 2 amide bonds. The zero-order valence-electron chi connectivity index (χ0n) is 12.8. The topological polar surface area (TPSA) is 159 Å². The molecule has 0 heterocycles. The molecule has 0 spiro atoms. The van der Waals surface area contributed by atoms with Gasteiger partial charge in [-0.3, -0.25) is 19.2 Å². The van der Waals surface area contributed by atoms with Gasteiger partial charge in [0, 0.05) is 6.42 Å². The van der Waals surface area contributed by atoms with Crippen LogP contribution < -0.4 is 16.4 Å². The van der Waals surface area contributed by atoms with Gasteiger partial charge in [0.05, 0.1) is 6.04 Å². The van der Waals surface area contributed by atoms with Crippen molar-refractivity contribution >= 4 is 23.8 Å². The number of nitrogens with one attached hydrogen (secondary N) is 2. The van der Waals surface area contributed by atoms with Gasteiger partial charge in [0.2, 0.25) is 11.8 Å². The minimum Gasteiger partial charge on any atom is -0.481 e. The van der Waals surface area contributed by atoms with Gasteiger partial charge < -0.3 is 26.6 Å². The van der Waals surface area contributed by atoms with Crippen molar-refractivity contribution in [2.45, 2.75) is 51.7 Å². The molecule has 0 saturated heterocycles. The minimum absolute atomic E-state index is 0.0564. The molecule has 6 N–H and O–H groups in total. The molecule has 0 aliphatic heterocycles. The van der Waals surface area contributed by atoms with Crippen LogP contribution in [0, 0.1) is 5.92 Å². The lowest BCUT2D eigenvalue weighted by Gasteiger charge is -2.24. The molecule has 22 heavy (non-hydrogen) atoms. The molecule has 126 valence electrons. The molecule has 0 rings (SSSR count). The lowest BCUT2D eigenvalue weighted by molar-refractivity contribution is -0.142. The summed E-state index contributed by atoms with van der Waals surface area (Å²) < 4.78 is 0. The van der Waals surface area contributed by atoms with Gasteiger partial charge in [-0.2, -0.15) is 0 Å². The molecule has 3 atom stereocenters. The monoisotopic (exact) mass is 317 g/mol. The fraction of sp³-hybridized carbons (Fsp3) is 0.692. The van der Waals surface area contributed by atoms with Crippen LogP contribution in [0.15, 0.2) is 0 Å². The van der Waals surface area contributed by atoms with Crippen LogP contribution in [-0.2, 0) is 19.2 Å². The Hall–Kier alpha value is -2.16. The highest BCUT2D eigenvalue weighted by Gasteiger charge is 2.28. The molecule has 0 radical (unpaired) electrons. The Kier molecular flexibility index (Phi) is 8.10. The van der Waals surface area contributed by atoms with Crippen molar-refractivity contribution in [2.24, 2.45) is 11.7 Å². The number of carboxylic acid groups (broad SMARTS) is 2. The molecule has 9 nitrogen and oxygen atoms in total. The summed E-state index contributed by atoms with van der Waals surface area (Å²) in [4.78, 5) is 45.0. The Morgan fingerprint density at radius 2 is 1.55 bits per heavy atom. The number of nitrogens with two attached hydrogens (primary N) is 1. The normalized spacial score (nSPS) is 14.8. The highest BCUT2D eigenvalue weighted by atomic mass is 16.4. The third kappa shape index (κ3) is 7.02. The largest absolute Gasteiger partial charge is 0.481 e. The molecule has 0 fully saturated rings. The van der Waals surface area contributed by atoms with Crippen LogP contribution in [0.3, 0.4) is 0 Å². The first-order valence-corrected chi connectivity index (χ1v) is 6.87. The van der Waals surface area contributed by atoms with Crippen LogP contribution in [0.4, 0.5) is 0 Å². The molecule has 0 aliphatic carbocycles. The quantitative estimate of drug-likeness (QED) is 0.361. The van der Waals surface area contributed by atoms with Crippen LogP contribution in [0.25, 0.3) is 0 Å². The van der Waals surface area contributed by atoms with Gasteiger partial charge in [-0.05, 0) is 19.3 Å². The van der Waals surface area contributed by atoms with Gasteiger partial charge in [-0.1, -0.05) is 13.8 Å². The summed E-state index contributed by atoms with van der Waals surface area (Å²) in [6, 6.07) is -3.10. The first-order chi connectivity index (χ1) is 10.1. The highest BCUT2D eigenvalue weighted by Crippen LogP contribution is 2.04. The van der Waals surface area contributed by atoms with E-state index < -0.39 is 41.9 Å². The van der Waals surface area contributed by atoms with E-state index in [-0.39, 0.29) is 18.8 Å². The maximum atomic E-state index is 12.0. The van der Waals surface area contributed by atoms with Gasteiger partial charge in [0.1, 0.15) is 12.1 Å². The van der Waals surface area contributed by atoms with E-state index in [2.05, 4.69) is 10.6 Å². The lowest BCUT2D eigenvalue weighted by atomic mass is 10.0. The fourth-order valence-corrected chi connectivity index (χ4v) is 1.57. The van der Waals surface area contributed by atoms with Crippen molar-refractivity contribution in [3.8, 4) is 0 Å². The molecule has 0 aromatic carbocycles. The molecule has 0 aliphatic rings. The number of rotatable bonds is 9. The molecule has 9 heteroatoms. The number of amides is 2. The van der Waals surface area contributed by atoms with Crippen LogP contribution in [0.1, 0.15) is 33.6 Å². The Labute approximate surface area is 128 Å². The second-order valence-electron chi connectivity index (χ2n) is 5.34. The van der Waals surface area contributed by atoms with E-state index in [1.165, 1.54) is 6.92 Å². The summed E-state index contributed by atoms with van der Waals surface area (Å²) in [6.45, 7) is 4.66. The maximum absolute atomic E-state index is 12.0. The Morgan fingerprint density at radius 3 is 1.95 bits per heavy atom. The van der Waals surface area contributed by atoms with E-state index in [0.717, 1.165) is 0 Å². The van der Waals surface area contributed by atoms with Gasteiger partial charge in [0.15, 0.2) is 0 Å². The Balaban J connectivity index is 4.69. The van der Waals surface area contributed by atoms with Crippen LogP contribution >= 0.6 is 0 Å². The summed E-state index contributed by atoms with van der Waals surface area (Å²) in [6.07, 6.45) is -0.317. The summed E-state index contributed by atoms with van der Waals surface area (Å²) >= 11 is 0. The van der Waals surface area contributed by atoms with E-state index in [1.807, 2.05) is 0 Å². The van der Waals surface area contributed by atoms with Crippen molar-refractivity contribution in [1.82, 2.24) is 10.6 Å². The molecule has 3 unspecified atom stereocenters. The van der Waals surface area contributed by atoms with Gasteiger partial charge in [-0.15, -0.1) is 0 Å². The third-order valence-electron chi connectivity index (χ3n) is 2.98. The third-order valence-corrected chi connectivity index (χ3v) is 2.98. The average Bonchev–Trinajstić information content (AvgIpc) is 2.40. The summed E-state index contributed by atoms with van der Waals surface area (Å²) in [5, 5.41) is 22.0. The minimum atomic E-state index is -1.19. The zero-order valence-corrected chi connectivity index (χ0v) is 12.8. The maximum Gasteiger partial charge on any atom is 0.325 e. The predicted octanol–water partition coefficient (Wildman–Crippen LogP) is -1.09. The number of hydrogen-bond acceptors (Lipinski definition) is 5. The van der Waals surface area contributed by atoms with Crippen LogP contribution in [-0.4, -0.2) is 52.1 Å². The van der Waals surface area contributed by atoms with Gasteiger partial charge >= 0.3 is 11.9 Å².